The summed E-state index contributed by atoms with van der Waals surface area (Å²) in [7, 11) is 0. The maximum atomic E-state index is 13.0. The number of benzene rings is 1. The second-order valence-electron chi connectivity index (χ2n) is 4.45. The molecule has 0 aliphatic carbocycles. The van der Waals surface area contributed by atoms with Gasteiger partial charge in [-0.15, -0.1) is 0 Å². The minimum atomic E-state index is -4.76. The minimum absolute atomic E-state index is 0.343. The Morgan fingerprint density at radius 3 is 2.32 bits per heavy atom. The van der Waals surface area contributed by atoms with Crippen LogP contribution in [0.3, 0.4) is 0 Å². The molecule has 114 valence electrons. The number of aromatic nitrogens is 1. The number of amides is 1. The molecule has 3 N–H and O–H groups in total. The van der Waals surface area contributed by atoms with E-state index in [0.717, 1.165) is 6.07 Å². The van der Waals surface area contributed by atoms with Gasteiger partial charge in [0, 0.05) is 5.56 Å². The van der Waals surface area contributed by atoms with E-state index in [4.69, 9.17) is 5.73 Å². The van der Waals surface area contributed by atoms with Crippen LogP contribution in [0.5, 0.6) is 0 Å². The molecule has 0 bridgehead atoms. The van der Waals surface area contributed by atoms with Crippen LogP contribution in [0, 0.1) is 0 Å². The van der Waals surface area contributed by atoms with Gasteiger partial charge in [-0.3, -0.25) is 9.59 Å². The van der Waals surface area contributed by atoms with Crippen LogP contribution in [0.1, 0.15) is 27.2 Å². The molecule has 1 aromatic heterocycles. The number of nitrogens with one attached hydrogen (secondary N) is 1. The number of alkyl halides is 3. The van der Waals surface area contributed by atoms with Crippen LogP contribution in [0.25, 0.3) is 12.2 Å². The lowest BCUT2D eigenvalue weighted by Gasteiger charge is -2.10. The molecule has 1 heterocycles. The molecule has 1 amide bonds. The largest absolute Gasteiger partial charge is 0.431 e. The number of carbonyl (C=O) groups is 1. The molecule has 0 unspecified atom stereocenters. The SMILES string of the molecule is NC(=O)c1cc(/C=C/c2ccccc2)c(C(F)(F)F)[nH]c1=O. The van der Waals surface area contributed by atoms with E-state index in [1.54, 1.807) is 35.3 Å². The summed E-state index contributed by atoms with van der Waals surface area (Å²) in [4.78, 5) is 24.2. The summed E-state index contributed by atoms with van der Waals surface area (Å²) in [5, 5.41) is 0. The Kier molecular flexibility index (Phi) is 4.16. The highest BCUT2D eigenvalue weighted by Crippen LogP contribution is 2.30. The number of aromatic amines is 1. The minimum Gasteiger partial charge on any atom is -0.365 e. The molecule has 0 spiro atoms. The molecule has 0 aliphatic rings. The first kappa shape index (κ1) is 15.6. The maximum absolute atomic E-state index is 13.0. The van der Waals surface area contributed by atoms with E-state index in [1.165, 1.54) is 12.2 Å². The van der Waals surface area contributed by atoms with E-state index in [2.05, 4.69) is 0 Å². The number of hydrogen-bond acceptors (Lipinski definition) is 2. The quantitative estimate of drug-likeness (QED) is 0.914. The number of primary amides is 1. The standard InChI is InChI=1S/C15H11F3N2O2/c16-15(17,18)12-10(7-6-9-4-2-1-3-5-9)8-11(13(19)21)14(22)20-12/h1-8H,(H2,19,21)(H,20,22)/b7-6+. The summed E-state index contributed by atoms with van der Waals surface area (Å²) in [6.07, 6.45) is -2.15. The van der Waals surface area contributed by atoms with Crippen molar-refractivity contribution in [2.24, 2.45) is 5.73 Å². The summed E-state index contributed by atoms with van der Waals surface area (Å²) >= 11 is 0. The Morgan fingerprint density at radius 2 is 1.77 bits per heavy atom. The molecular formula is C15H11F3N2O2. The van der Waals surface area contributed by atoms with E-state index in [0.29, 0.717) is 5.56 Å². The van der Waals surface area contributed by atoms with E-state index >= 15 is 0 Å². The van der Waals surface area contributed by atoms with Crippen LogP contribution in [0.15, 0.2) is 41.2 Å². The van der Waals surface area contributed by atoms with Gasteiger partial charge in [0.1, 0.15) is 11.3 Å². The number of H-pyrrole nitrogens is 1. The molecule has 0 saturated carbocycles. The number of pyridine rings is 1. The molecule has 22 heavy (non-hydrogen) atoms. The van der Waals surface area contributed by atoms with Gasteiger partial charge in [0.2, 0.25) is 0 Å². The van der Waals surface area contributed by atoms with Crippen LogP contribution in [-0.4, -0.2) is 10.9 Å². The van der Waals surface area contributed by atoms with Gasteiger partial charge in [0.15, 0.2) is 0 Å². The zero-order chi connectivity index (χ0) is 16.3. The van der Waals surface area contributed by atoms with Crippen molar-refractivity contribution in [2.45, 2.75) is 6.18 Å². The summed E-state index contributed by atoms with van der Waals surface area (Å²) in [6.45, 7) is 0. The Morgan fingerprint density at radius 1 is 1.14 bits per heavy atom. The lowest BCUT2D eigenvalue weighted by molar-refractivity contribution is -0.141. The zero-order valence-electron chi connectivity index (χ0n) is 11.1. The summed E-state index contributed by atoms with van der Waals surface area (Å²) in [5.74, 6) is -1.09. The van der Waals surface area contributed by atoms with Gasteiger partial charge in [-0.2, -0.15) is 13.2 Å². The zero-order valence-corrected chi connectivity index (χ0v) is 11.1. The van der Waals surface area contributed by atoms with Crippen molar-refractivity contribution >= 4 is 18.1 Å². The maximum Gasteiger partial charge on any atom is 0.431 e. The van der Waals surface area contributed by atoms with Crippen LogP contribution in [-0.2, 0) is 6.18 Å². The van der Waals surface area contributed by atoms with E-state index < -0.39 is 28.9 Å². The van der Waals surface area contributed by atoms with Gasteiger partial charge in [0.25, 0.3) is 11.5 Å². The third-order valence-corrected chi connectivity index (χ3v) is 2.88. The smallest absolute Gasteiger partial charge is 0.365 e. The van der Waals surface area contributed by atoms with Gasteiger partial charge in [-0.05, 0) is 11.6 Å². The van der Waals surface area contributed by atoms with Crippen molar-refractivity contribution in [3.05, 3.63) is 69.1 Å². The molecule has 1 aromatic carbocycles. The Balaban J connectivity index is 2.57. The van der Waals surface area contributed by atoms with Crippen molar-refractivity contribution in [1.82, 2.24) is 4.98 Å². The molecule has 2 rings (SSSR count). The molecule has 0 atom stereocenters. The molecule has 4 nitrogen and oxygen atoms in total. The van der Waals surface area contributed by atoms with Gasteiger partial charge in [-0.1, -0.05) is 42.5 Å². The van der Waals surface area contributed by atoms with Crippen LogP contribution >= 0.6 is 0 Å². The molecule has 7 heteroatoms. The van der Waals surface area contributed by atoms with Gasteiger partial charge >= 0.3 is 6.18 Å². The number of carbonyl (C=O) groups excluding carboxylic acids is 1. The first-order valence-electron chi connectivity index (χ1n) is 6.16. The highest BCUT2D eigenvalue weighted by molar-refractivity contribution is 5.93. The fourth-order valence-corrected chi connectivity index (χ4v) is 1.85. The van der Waals surface area contributed by atoms with Crippen LogP contribution < -0.4 is 11.3 Å². The van der Waals surface area contributed by atoms with Gasteiger partial charge in [-0.25, -0.2) is 0 Å². The monoisotopic (exact) mass is 308 g/mol. The lowest BCUT2D eigenvalue weighted by atomic mass is 10.1. The highest BCUT2D eigenvalue weighted by atomic mass is 19.4. The van der Waals surface area contributed by atoms with Crippen molar-refractivity contribution < 1.29 is 18.0 Å². The normalized spacial score (nSPS) is 11.8. The molecule has 0 fully saturated rings. The van der Waals surface area contributed by atoms with Gasteiger partial charge < -0.3 is 10.7 Å². The summed E-state index contributed by atoms with van der Waals surface area (Å²) in [6, 6.07) is 9.46. The Bertz CT molecular complexity index is 778. The third kappa shape index (κ3) is 3.43. The molecule has 0 radical (unpaired) electrons. The second-order valence-corrected chi connectivity index (χ2v) is 4.45. The van der Waals surface area contributed by atoms with Crippen molar-refractivity contribution in [3.63, 3.8) is 0 Å². The van der Waals surface area contributed by atoms with Crippen LogP contribution in [0.2, 0.25) is 0 Å². The molecular weight excluding hydrogens is 297 g/mol. The van der Waals surface area contributed by atoms with Crippen molar-refractivity contribution in [1.29, 1.82) is 0 Å². The Hall–Kier alpha value is -2.83. The van der Waals surface area contributed by atoms with E-state index in [-0.39, 0.29) is 5.56 Å². The van der Waals surface area contributed by atoms with E-state index in [1.807, 2.05) is 0 Å². The van der Waals surface area contributed by atoms with Crippen LogP contribution in [0.4, 0.5) is 13.2 Å². The first-order valence-corrected chi connectivity index (χ1v) is 6.16. The number of rotatable bonds is 3. The average molecular weight is 308 g/mol. The predicted octanol–water partition coefficient (Wildman–Crippen LogP) is 2.66. The fraction of sp³-hybridized carbons (Fsp3) is 0.0667. The summed E-state index contributed by atoms with van der Waals surface area (Å²) in [5.41, 5.74) is 2.39. The van der Waals surface area contributed by atoms with Crippen molar-refractivity contribution in [3.8, 4) is 0 Å². The fourth-order valence-electron chi connectivity index (χ4n) is 1.85. The molecule has 0 saturated heterocycles. The predicted molar refractivity (Wildman–Crippen MR) is 76.0 cm³/mol. The summed E-state index contributed by atoms with van der Waals surface area (Å²) < 4.78 is 38.9. The Labute approximate surface area is 123 Å². The second kappa shape index (κ2) is 5.88. The molecule has 2 aromatic rings. The lowest BCUT2D eigenvalue weighted by Crippen LogP contribution is -2.27. The first-order chi connectivity index (χ1) is 10.3. The topological polar surface area (TPSA) is 76.0 Å². The highest BCUT2D eigenvalue weighted by Gasteiger charge is 2.35. The van der Waals surface area contributed by atoms with E-state index in [9.17, 15) is 22.8 Å². The van der Waals surface area contributed by atoms with Gasteiger partial charge in [0.05, 0.1) is 0 Å². The van der Waals surface area contributed by atoms with Crippen molar-refractivity contribution in [2.75, 3.05) is 0 Å². The number of halogens is 3. The number of nitrogens with two attached hydrogens (primary N) is 1. The number of hydrogen-bond donors (Lipinski definition) is 2. The third-order valence-electron chi connectivity index (χ3n) is 2.88. The molecule has 0 aliphatic heterocycles. The average Bonchev–Trinajstić information content (AvgIpc) is 2.45.